The molecule has 3 nitrogen and oxygen atoms in total. The first-order valence-electron chi connectivity index (χ1n) is 7.67. The number of nitrogens with zero attached hydrogens (tertiary/aromatic N) is 1. The van der Waals surface area contributed by atoms with Crippen molar-refractivity contribution >= 4 is 16.7 Å². The zero-order chi connectivity index (χ0) is 15.1. The molecule has 0 aliphatic carbocycles. The van der Waals surface area contributed by atoms with Crippen molar-refractivity contribution in [2.24, 2.45) is 0 Å². The molecule has 0 bridgehead atoms. The van der Waals surface area contributed by atoms with E-state index in [9.17, 15) is 4.79 Å². The van der Waals surface area contributed by atoms with E-state index in [1.807, 2.05) is 24.2 Å². The van der Waals surface area contributed by atoms with Crippen LogP contribution in [0.3, 0.4) is 0 Å². The van der Waals surface area contributed by atoms with E-state index in [2.05, 4.69) is 42.7 Å². The molecule has 0 saturated carbocycles. The smallest absolute Gasteiger partial charge is 0.234 e. The molecule has 0 aromatic heterocycles. The van der Waals surface area contributed by atoms with Gasteiger partial charge in [-0.2, -0.15) is 0 Å². The lowest BCUT2D eigenvalue weighted by molar-refractivity contribution is -0.125. The number of unbranched alkanes of at least 4 members (excludes halogenated alkanes) is 2. The van der Waals surface area contributed by atoms with E-state index in [4.69, 9.17) is 0 Å². The zero-order valence-electron chi connectivity index (χ0n) is 12.9. The molecular formula is C18H24N2O. The Kier molecular flexibility index (Phi) is 5.76. The lowest BCUT2D eigenvalue weighted by Crippen LogP contribution is -2.38. The Morgan fingerprint density at radius 2 is 1.86 bits per heavy atom. The van der Waals surface area contributed by atoms with Crippen LogP contribution in [0.2, 0.25) is 0 Å². The third-order valence-corrected chi connectivity index (χ3v) is 3.56. The lowest BCUT2D eigenvalue weighted by atomic mass is 10.1. The molecule has 0 atom stereocenters. The number of amides is 1. The van der Waals surface area contributed by atoms with Crippen LogP contribution in [0.25, 0.3) is 10.8 Å². The lowest BCUT2D eigenvalue weighted by Gasteiger charge is -2.18. The van der Waals surface area contributed by atoms with Crippen molar-refractivity contribution in [3.63, 3.8) is 0 Å². The molecule has 0 radical (unpaired) electrons. The summed E-state index contributed by atoms with van der Waals surface area (Å²) in [6.45, 7) is 2.86. The topological polar surface area (TPSA) is 32.3 Å². The minimum absolute atomic E-state index is 0.103. The van der Waals surface area contributed by atoms with Gasteiger partial charge in [0.25, 0.3) is 0 Å². The summed E-state index contributed by atoms with van der Waals surface area (Å²) in [6, 6.07) is 14.7. The van der Waals surface area contributed by atoms with E-state index in [0.29, 0.717) is 13.0 Å². The predicted octanol–water partition coefficient (Wildman–Crippen LogP) is 3.88. The second-order valence-corrected chi connectivity index (χ2v) is 5.53. The number of hydrogen-bond donors (Lipinski definition) is 1. The minimum Gasteiger partial charge on any atom is -0.289 e. The van der Waals surface area contributed by atoms with Gasteiger partial charge >= 0.3 is 0 Å². The Hall–Kier alpha value is -1.87. The first-order chi connectivity index (χ1) is 10.2. The predicted molar refractivity (Wildman–Crippen MR) is 87.7 cm³/mol. The van der Waals surface area contributed by atoms with Gasteiger partial charge in [-0.1, -0.05) is 56.2 Å². The highest BCUT2D eigenvalue weighted by atomic mass is 16.2. The molecule has 0 aliphatic rings. The van der Waals surface area contributed by atoms with Crippen LogP contribution in [0.1, 0.15) is 38.2 Å². The molecule has 0 saturated heterocycles. The normalized spacial score (nSPS) is 11.0. The van der Waals surface area contributed by atoms with E-state index < -0.39 is 0 Å². The highest BCUT2D eigenvalue weighted by molar-refractivity contribution is 5.83. The summed E-state index contributed by atoms with van der Waals surface area (Å²) in [6.07, 6.45) is 3.82. The summed E-state index contributed by atoms with van der Waals surface area (Å²) < 4.78 is 0. The van der Waals surface area contributed by atoms with Crippen LogP contribution in [-0.2, 0) is 11.3 Å². The third-order valence-electron chi connectivity index (χ3n) is 3.56. The van der Waals surface area contributed by atoms with Gasteiger partial charge in [0.05, 0.1) is 0 Å². The van der Waals surface area contributed by atoms with Gasteiger partial charge in [-0.05, 0) is 28.8 Å². The molecule has 2 aromatic carbocycles. The van der Waals surface area contributed by atoms with Crippen LogP contribution in [0.5, 0.6) is 0 Å². The Balaban J connectivity index is 1.88. The average Bonchev–Trinajstić information content (AvgIpc) is 2.47. The molecule has 3 heteroatoms. The fourth-order valence-corrected chi connectivity index (χ4v) is 2.45. The van der Waals surface area contributed by atoms with Crippen molar-refractivity contribution in [3.8, 4) is 0 Å². The van der Waals surface area contributed by atoms with Gasteiger partial charge < -0.3 is 0 Å². The van der Waals surface area contributed by atoms with Crippen molar-refractivity contribution in [1.82, 2.24) is 10.4 Å². The largest absolute Gasteiger partial charge is 0.289 e. The Bertz CT molecular complexity index is 595. The van der Waals surface area contributed by atoms with Crippen molar-refractivity contribution in [2.45, 2.75) is 39.2 Å². The fourth-order valence-electron chi connectivity index (χ4n) is 2.45. The monoisotopic (exact) mass is 284 g/mol. The summed E-state index contributed by atoms with van der Waals surface area (Å²) in [5.74, 6) is 0.103. The Morgan fingerprint density at radius 1 is 1.10 bits per heavy atom. The van der Waals surface area contributed by atoms with Crippen molar-refractivity contribution < 1.29 is 4.79 Å². The number of hydrazine groups is 1. The molecule has 1 amide bonds. The number of rotatable bonds is 7. The first kappa shape index (κ1) is 15.5. The van der Waals surface area contributed by atoms with Gasteiger partial charge in [0.1, 0.15) is 0 Å². The maximum Gasteiger partial charge on any atom is 0.234 e. The van der Waals surface area contributed by atoms with E-state index in [1.54, 1.807) is 0 Å². The number of carbonyl (C=O) groups excluding carboxylic acids is 1. The SMILES string of the molecule is CCCCCC(=O)NN(C)Cc1ccc2ccccc2c1. The van der Waals surface area contributed by atoms with Gasteiger partial charge in [-0.25, -0.2) is 5.01 Å². The molecule has 1 N–H and O–H groups in total. The van der Waals surface area contributed by atoms with Gasteiger partial charge in [0.15, 0.2) is 0 Å². The quantitative estimate of drug-likeness (QED) is 0.618. The third kappa shape index (κ3) is 4.87. The standard InChI is InChI=1S/C18H24N2O/c1-3-4-5-10-18(21)19-20(2)14-15-11-12-16-8-6-7-9-17(16)13-15/h6-9,11-13H,3-5,10,14H2,1-2H3,(H,19,21). The second kappa shape index (κ2) is 7.79. The highest BCUT2D eigenvalue weighted by Gasteiger charge is 2.06. The van der Waals surface area contributed by atoms with Gasteiger partial charge in [-0.3, -0.25) is 10.2 Å². The van der Waals surface area contributed by atoms with Crippen molar-refractivity contribution in [3.05, 3.63) is 48.0 Å². The fraction of sp³-hybridized carbons (Fsp3) is 0.389. The molecule has 112 valence electrons. The van der Waals surface area contributed by atoms with E-state index in [1.165, 1.54) is 16.3 Å². The average molecular weight is 284 g/mol. The summed E-state index contributed by atoms with van der Waals surface area (Å²) in [5.41, 5.74) is 4.13. The maximum absolute atomic E-state index is 11.8. The Labute approximate surface area is 126 Å². The minimum atomic E-state index is 0.103. The van der Waals surface area contributed by atoms with Crippen LogP contribution in [0.4, 0.5) is 0 Å². The summed E-state index contributed by atoms with van der Waals surface area (Å²) in [5, 5.41) is 4.34. The molecule has 2 aromatic rings. The second-order valence-electron chi connectivity index (χ2n) is 5.53. The van der Waals surface area contributed by atoms with Crippen LogP contribution < -0.4 is 5.43 Å². The number of carbonyl (C=O) groups is 1. The molecule has 21 heavy (non-hydrogen) atoms. The van der Waals surface area contributed by atoms with E-state index in [-0.39, 0.29) is 5.91 Å². The molecule has 0 spiro atoms. The molecular weight excluding hydrogens is 260 g/mol. The highest BCUT2D eigenvalue weighted by Crippen LogP contribution is 2.16. The summed E-state index contributed by atoms with van der Waals surface area (Å²) in [4.78, 5) is 11.8. The van der Waals surface area contributed by atoms with Crippen molar-refractivity contribution in [2.75, 3.05) is 7.05 Å². The van der Waals surface area contributed by atoms with Gasteiger partial charge in [0, 0.05) is 20.0 Å². The van der Waals surface area contributed by atoms with Crippen LogP contribution in [0, 0.1) is 0 Å². The number of benzene rings is 2. The first-order valence-corrected chi connectivity index (χ1v) is 7.67. The van der Waals surface area contributed by atoms with Crippen LogP contribution in [0.15, 0.2) is 42.5 Å². The zero-order valence-corrected chi connectivity index (χ0v) is 12.9. The Morgan fingerprint density at radius 3 is 2.62 bits per heavy atom. The molecule has 0 heterocycles. The summed E-state index contributed by atoms with van der Waals surface area (Å²) >= 11 is 0. The molecule has 0 aliphatic heterocycles. The summed E-state index contributed by atoms with van der Waals surface area (Å²) in [7, 11) is 1.91. The molecule has 2 rings (SSSR count). The number of hydrogen-bond acceptors (Lipinski definition) is 2. The molecule has 0 fully saturated rings. The maximum atomic E-state index is 11.8. The van der Waals surface area contributed by atoms with Crippen molar-refractivity contribution in [1.29, 1.82) is 0 Å². The van der Waals surface area contributed by atoms with E-state index >= 15 is 0 Å². The van der Waals surface area contributed by atoms with Gasteiger partial charge in [0.2, 0.25) is 5.91 Å². The number of fused-ring (bicyclic) bond motifs is 1. The number of nitrogens with one attached hydrogen (secondary N) is 1. The van der Waals surface area contributed by atoms with E-state index in [0.717, 1.165) is 19.3 Å². The van der Waals surface area contributed by atoms with Crippen LogP contribution >= 0.6 is 0 Å². The van der Waals surface area contributed by atoms with Gasteiger partial charge in [-0.15, -0.1) is 0 Å². The molecule has 0 unspecified atom stereocenters. The van der Waals surface area contributed by atoms with Crippen LogP contribution in [-0.4, -0.2) is 18.0 Å².